The van der Waals surface area contributed by atoms with Gasteiger partial charge in [0, 0.05) is 31.6 Å². The van der Waals surface area contributed by atoms with E-state index in [0.29, 0.717) is 18.4 Å². The second kappa shape index (κ2) is 8.30. The quantitative estimate of drug-likeness (QED) is 0.848. The summed E-state index contributed by atoms with van der Waals surface area (Å²) in [4.78, 5) is 14.6. The molecule has 2 unspecified atom stereocenters. The van der Waals surface area contributed by atoms with Crippen molar-refractivity contribution in [1.82, 2.24) is 10.2 Å². The van der Waals surface area contributed by atoms with Gasteiger partial charge in [0.25, 0.3) is 0 Å². The SMILES string of the molecule is CC(C)N1CCCC(CNC(=O)CC(N)c2ccccc2)C1. The van der Waals surface area contributed by atoms with E-state index in [1.54, 1.807) is 0 Å². The van der Waals surface area contributed by atoms with Gasteiger partial charge in [-0.2, -0.15) is 0 Å². The Morgan fingerprint density at radius 1 is 1.36 bits per heavy atom. The molecule has 1 heterocycles. The van der Waals surface area contributed by atoms with Gasteiger partial charge in [-0.3, -0.25) is 4.79 Å². The van der Waals surface area contributed by atoms with Gasteiger partial charge < -0.3 is 16.0 Å². The highest BCUT2D eigenvalue weighted by atomic mass is 16.1. The van der Waals surface area contributed by atoms with Gasteiger partial charge >= 0.3 is 0 Å². The third-order valence-corrected chi connectivity index (χ3v) is 4.50. The standard InChI is InChI=1S/C18H29N3O/c1-14(2)21-10-6-7-15(13-21)12-20-18(22)11-17(19)16-8-4-3-5-9-16/h3-5,8-9,14-15,17H,6-7,10-13,19H2,1-2H3,(H,20,22). The number of nitrogens with one attached hydrogen (secondary N) is 1. The molecule has 1 fully saturated rings. The number of hydrogen-bond acceptors (Lipinski definition) is 3. The summed E-state index contributed by atoms with van der Waals surface area (Å²) in [6.07, 6.45) is 2.78. The summed E-state index contributed by atoms with van der Waals surface area (Å²) in [5.41, 5.74) is 7.11. The Kier molecular flexibility index (Phi) is 6.40. The van der Waals surface area contributed by atoms with Crippen molar-refractivity contribution >= 4 is 5.91 Å². The molecule has 0 bridgehead atoms. The van der Waals surface area contributed by atoms with Gasteiger partial charge in [0.2, 0.25) is 5.91 Å². The molecule has 1 saturated heterocycles. The van der Waals surface area contributed by atoms with Crippen molar-refractivity contribution in [2.24, 2.45) is 11.7 Å². The Morgan fingerprint density at radius 3 is 2.77 bits per heavy atom. The van der Waals surface area contributed by atoms with Crippen LogP contribution < -0.4 is 11.1 Å². The molecule has 3 N–H and O–H groups in total. The van der Waals surface area contributed by atoms with Gasteiger partial charge in [-0.1, -0.05) is 30.3 Å². The minimum atomic E-state index is -0.222. The molecule has 0 aliphatic carbocycles. The van der Waals surface area contributed by atoms with Gasteiger partial charge in [-0.05, 0) is 44.7 Å². The highest BCUT2D eigenvalue weighted by molar-refractivity contribution is 5.76. The first-order valence-corrected chi connectivity index (χ1v) is 8.37. The van der Waals surface area contributed by atoms with E-state index in [2.05, 4.69) is 24.1 Å². The molecular weight excluding hydrogens is 274 g/mol. The molecule has 1 aliphatic rings. The predicted octanol–water partition coefficient (Wildman–Crippen LogP) is 2.31. The zero-order chi connectivity index (χ0) is 15.9. The van der Waals surface area contributed by atoms with Gasteiger partial charge in [-0.25, -0.2) is 0 Å². The number of benzene rings is 1. The summed E-state index contributed by atoms with van der Waals surface area (Å²) in [5, 5.41) is 3.07. The van der Waals surface area contributed by atoms with E-state index < -0.39 is 0 Å². The summed E-state index contributed by atoms with van der Waals surface area (Å²) >= 11 is 0. The monoisotopic (exact) mass is 303 g/mol. The van der Waals surface area contributed by atoms with Crippen LogP contribution in [-0.2, 0) is 4.79 Å². The summed E-state index contributed by atoms with van der Waals surface area (Å²) in [7, 11) is 0. The van der Waals surface area contributed by atoms with Crippen LogP contribution in [0.2, 0.25) is 0 Å². The lowest BCUT2D eigenvalue weighted by molar-refractivity contribution is -0.121. The number of nitrogens with two attached hydrogens (primary N) is 1. The van der Waals surface area contributed by atoms with Crippen molar-refractivity contribution in [3.63, 3.8) is 0 Å². The fourth-order valence-electron chi connectivity index (χ4n) is 3.08. The number of hydrogen-bond donors (Lipinski definition) is 2. The Labute approximate surface area is 134 Å². The van der Waals surface area contributed by atoms with Crippen molar-refractivity contribution in [1.29, 1.82) is 0 Å². The summed E-state index contributed by atoms with van der Waals surface area (Å²) in [6, 6.07) is 10.2. The summed E-state index contributed by atoms with van der Waals surface area (Å²) < 4.78 is 0. The van der Waals surface area contributed by atoms with Crippen LogP contribution in [0.5, 0.6) is 0 Å². The molecule has 22 heavy (non-hydrogen) atoms. The lowest BCUT2D eigenvalue weighted by Crippen LogP contribution is -2.44. The molecular formula is C18H29N3O. The number of piperidine rings is 1. The van der Waals surface area contributed by atoms with Crippen LogP contribution in [0.1, 0.15) is 44.7 Å². The number of amides is 1. The smallest absolute Gasteiger partial charge is 0.221 e. The molecule has 0 spiro atoms. The van der Waals surface area contributed by atoms with Crippen molar-refractivity contribution in [3.05, 3.63) is 35.9 Å². The molecule has 4 nitrogen and oxygen atoms in total. The predicted molar refractivity (Wildman–Crippen MR) is 90.4 cm³/mol. The molecule has 2 rings (SSSR count). The maximum atomic E-state index is 12.1. The molecule has 1 amide bonds. The topological polar surface area (TPSA) is 58.4 Å². The third-order valence-electron chi connectivity index (χ3n) is 4.50. The average Bonchev–Trinajstić information content (AvgIpc) is 2.54. The van der Waals surface area contributed by atoms with Gasteiger partial charge in [0.05, 0.1) is 0 Å². The first-order chi connectivity index (χ1) is 10.6. The van der Waals surface area contributed by atoms with Crippen molar-refractivity contribution in [2.75, 3.05) is 19.6 Å². The largest absolute Gasteiger partial charge is 0.356 e. The number of carbonyl (C=O) groups is 1. The van der Waals surface area contributed by atoms with E-state index in [0.717, 1.165) is 18.7 Å². The Morgan fingerprint density at radius 2 is 2.09 bits per heavy atom. The number of carbonyl (C=O) groups excluding carboxylic acids is 1. The summed E-state index contributed by atoms with van der Waals surface area (Å²) in [6.45, 7) is 7.51. The molecule has 1 aromatic carbocycles. The van der Waals surface area contributed by atoms with Crippen LogP contribution in [0.15, 0.2) is 30.3 Å². The fourth-order valence-corrected chi connectivity index (χ4v) is 3.08. The van der Waals surface area contributed by atoms with Crippen LogP contribution in [0.3, 0.4) is 0 Å². The lowest BCUT2D eigenvalue weighted by Gasteiger charge is -2.35. The third kappa shape index (κ3) is 5.11. The second-order valence-corrected chi connectivity index (χ2v) is 6.62. The van der Waals surface area contributed by atoms with Crippen molar-refractivity contribution in [2.45, 2.75) is 45.2 Å². The van der Waals surface area contributed by atoms with Crippen LogP contribution in [0, 0.1) is 5.92 Å². The van der Waals surface area contributed by atoms with Crippen LogP contribution in [0.25, 0.3) is 0 Å². The second-order valence-electron chi connectivity index (χ2n) is 6.62. The first kappa shape index (κ1) is 17.0. The van der Waals surface area contributed by atoms with E-state index in [9.17, 15) is 4.79 Å². The minimum Gasteiger partial charge on any atom is -0.356 e. The van der Waals surface area contributed by atoms with E-state index in [1.165, 1.54) is 19.4 Å². The van der Waals surface area contributed by atoms with E-state index in [-0.39, 0.29) is 11.9 Å². The molecule has 122 valence electrons. The van der Waals surface area contributed by atoms with E-state index in [4.69, 9.17) is 5.73 Å². The van der Waals surface area contributed by atoms with E-state index >= 15 is 0 Å². The molecule has 0 aromatic heterocycles. The summed E-state index contributed by atoms with van der Waals surface area (Å²) in [5.74, 6) is 0.617. The van der Waals surface area contributed by atoms with Gasteiger partial charge in [0.15, 0.2) is 0 Å². The zero-order valence-electron chi connectivity index (χ0n) is 13.8. The van der Waals surface area contributed by atoms with Gasteiger partial charge in [-0.15, -0.1) is 0 Å². The highest BCUT2D eigenvalue weighted by Gasteiger charge is 2.22. The Bertz CT molecular complexity index is 461. The molecule has 1 aromatic rings. The van der Waals surface area contributed by atoms with E-state index in [1.807, 2.05) is 30.3 Å². The fraction of sp³-hybridized carbons (Fsp3) is 0.611. The molecule has 2 atom stereocenters. The first-order valence-electron chi connectivity index (χ1n) is 8.37. The number of nitrogens with zero attached hydrogens (tertiary/aromatic N) is 1. The maximum Gasteiger partial charge on any atom is 0.221 e. The molecule has 0 radical (unpaired) electrons. The zero-order valence-corrected chi connectivity index (χ0v) is 13.8. The molecule has 0 saturated carbocycles. The normalized spacial score (nSPS) is 20.8. The van der Waals surface area contributed by atoms with Crippen molar-refractivity contribution < 1.29 is 4.79 Å². The average molecular weight is 303 g/mol. The lowest BCUT2D eigenvalue weighted by atomic mass is 9.96. The van der Waals surface area contributed by atoms with Crippen LogP contribution >= 0.6 is 0 Å². The van der Waals surface area contributed by atoms with Crippen LogP contribution in [-0.4, -0.2) is 36.5 Å². The minimum absolute atomic E-state index is 0.0537. The number of likely N-dealkylation sites (tertiary alicyclic amines) is 1. The van der Waals surface area contributed by atoms with Gasteiger partial charge in [0.1, 0.15) is 0 Å². The van der Waals surface area contributed by atoms with Crippen molar-refractivity contribution in [3.8, 4) is 0 Å². The van der Waals surface area contributed by atoms with Crippen LogP contribution in [0.4, 0.5) is 0 Å². The maximum absolute atomic E-state index is 12.1. The number of rotatable bonds is 6. The molecule has 4 heteroatoms. The highest BCUT2D eigenvalue weighted by Crippen LogP contribution is 2.18. The Balaban J connectivity index is 1.73. The Hall–Kier alpha value is -1.39. The molecule has 1 aliphatic heterocycles.